The highest BCUT2D eigenvalue weighted by Crippen LogP contribution is 2.08. The van der Waals surface area contributed by atoms with Crippen LogP contribution in [-0.4, -0.2) is 35.6 Å². The largest absolute Gasteiger partial charge is 0.480 e. The molecule has 0 rings (SSSR count). The van der Waals surface area contributed by atoms with Crippen LogP contribution in [0.15, 0.2) is 24.3 Å². The van der Waals surface area contributed by atoms with Crippen molar-refractivity contribution in [3.63, 3.8) is 0 Å². The lowest BCUT2D eigenvalue weighted by atomic mass is 10.1. The Labute approximate surface area is 181 Å². The molecule has 3 amide bonds. The SMILES string of the molecule is CCCC/C=C\C/C=C\CCCCCCCC(=O)N[C@@H](CCCNC(N)=O)C(=O)O. The highest BCUT2D eigenvalue weighted by Gasteiger charge is 2.19. The number of carboxylic acid groups (broad SMARTS) is 1. The molecule has 0 fully saturated rings. The van der Waals surface area contributed by atoms with Crippen molar-refractivity contribution >= 4 is 17.9 Å². The molecular formula is C23H41N3O4. The first-order chi connectivity index (χ1) is 14.5. The van der Waals surface area contributed by atoms with Crippen molar-refractivity contribution in [3.05, 3.63) is 24.3 Å². The molecule has 0 bridgehead atoms. The number of amides is 3. The summed E-state index contributed by atoms with van der Waals surface area (Å²) in [5.41, 5.74) is 4.95. The fourth-order valence-electron chi connectivity index (χ4n) is 2.95. The van der Waals surface area contributed by atoms with Crippen LogP contribution < -0.4 is 16.4 Å². The van der Waals surface area contributed by atoms with Crippen molar-refractivity contribution < 1.29 is 19.5 Å². The molecule has 7 nitrogen and oxygen atoms in total. The van der Waals surface area contributed by atoms with Gasteiger partial charge in [0.2, 0.25) is 5.91 Å². The van der Waals surface area contributed by atoms with Gasteiger partial charge < -0.3 is 21.5 Å². The highest BCUT2D eigenvalue weighted by atomic mass is 16.4. The van der Waals surface area contributed by atoms with Gasteiger partial charge in [-0.25, -0.2) is 9.59 Å². The first-order valence-electron chi connectivity index (χ1n) is 11.3. The van der Waals surface area contributed by atoms with Crippen LogP contribution in [-0.2, 0) is 9.59 Å². The number of carbonyl (C=O) groups excluding carboxylic acids is 2. The first kappa shape index (κ1) is 27.7. The van der Waals surface area contributed by atoms with E-state index in [1.165, 1.54) is 19.3 Å². The number of hydrogen-bond donors (Lipinski definition) is 4. The first-order valence-corrected chi connectivity index (χ1v) is 11.3. The number of urea groups is 1. The van der Waals surface area contributed by atoms with Gasteiger partial charge in [0.05, 0.1) is 0 Å². The molecule has 1 atom stereocenters. The van der Waals surface area contributed by atoms with Crippen molar-refractivity contribution in [2.24, 2.45) is 5.73 Å². The Hall–Kier alpha value is -2.31. The van der Waals surface area contributed by atoms with Crippen LogP contribution in [0, 0.1) is 0 Å². The van der Waals surface area contributed by atoms with Gasteiger partial charge in [0, 0.05) is 13.0 Å². The lowest BCUT2D eigenvalue weighted by molar-refractivity contribution is -0.142. The van der Waals surface area contributed by atoms with E-state index in [0.717, 1.165) is 44.9 Å². The molecular weight excluding hydrogens is 382 g/mol. The molecule has 0 unspecified atom stereocenters. The summed E-state index contributed by atoms with van der Waals surface area (Å²) < 4.78 is 0. The monoisotopic (exact) mass is 423 g/mol. The normalized spacial score (nSPS) is 12.3. The predicted octanol–water partition coefficient (Wildman–Crippen LogP) is 4.43. The molecule has 172 valence electrons. The third-order valence-corrected chi connectivity index (χ3v) is 4.71. The third kappa shape index (κ3) is 19.0. The molecule has 0 aromatic carbocycles. The zero-order valence-corrected chi connectivity index (χ0v) is 18.5. The molecule has 0 saturated carbocycles. The van der Waals surface area contributed by atoms with Gasteiger partial charge in [-0.1, -0.05) is 63.3 Å². The van der Waals surface area contributed by atoms with Gasteiger partial charge in [0.15, 0.2) is 0 Å². The second kappa shape index (κ2) is 20.0. The van der Waals surface area contributed by atoms with Gasteiger partial charge in [-0.2, -0.15) is 0 Å². The van der Waals surface area contributed by atoms with Gasteiger partial charge in [-0.05, 0) is 44.9 Å². The zero-order chi connectivity index (χ0) is 22.5. The second-order valence-electron chi connectivity index (χ2n) is 7.52. The standard InChI is InChI=1S/C23H41N3O4/c1-2-3-4-5-6-7-8-9-10-11-12-13-14-15-18-21(27)26-20(22(28)29)17-16-19-25-23(24)30/h5-6,8-9,20H,2-4,7,10-19H2,1H3,(H,26,27)(H,28,29)(H3,24,25,30)/b6-5-,9-8-/t20-/m0/s1. The molecule has 0 aromatic heterocycles. The summed E-state index contributed by atoms with van der Waals surface area (Å²) in [4.78, 5) is 33.8. The van der Waals surface area contributed by atoms with Gasteiger partial charge in [0.25, 0.3) is 0 Å². The van der Waals surface area contributed by atoms with Gasteiger partial charge in [0.1, 0.15) is 6.04 Å². The van der Waals surface area contributed by atoms with E-state index >= 15 is 0 Å². The zero-order valence-electron chi connectivity index (χ0n) is 18.5. The number of rotatable bonds is 19. The molecule has 5 N–H and O–H groups in total. The van der Waals surface area contributed by atoms with Crippen LogP contribution in [0.2, 0.25) is 0 Å². The minimum Gasteiger partial charge on any atom is -0.480 e. The summed E-state index contributed by atoms with van der Waals surface area (Å²) in [6, 6.07) is -1.57. The number of nitrogens with two attached hydrogens (primary N) is 1. The molecule has 0 heterocycles. The fraction of sp³-hybridized carbons (Fsp3) is 0.696. The van der Waals surface area contributed by atoms with Crippen molar-refractivity contribution in [1.29, 1.82) is 0 Å². The quantitative estimate of drug-likeness (QED) is 0.181. The summed E-state index contributed by atoms with van der Waals surface area (Å²) in [6.45, 7) is 2.49. The van der Waals surface area contributed by atoms with Crippen molar-refractivity contribution in [1.82, 2.24) is 10.6 Å². The topological polar surface area (TPSA) is 122 Å². The van der Waals surface area contributed by atoms with Crippen LogP contribution >= 0.6 is 0 Å². The summed E-state index contributed by atoms with van der Waals surface area (Å²) in [5, 5.41) is 14.1. The molecule has 30 heavy (non-hydrogen) atoms. The number of hydrogen-bond acceptors (Lipinski definition) is 3. The highest BCUT2D eigenvalue weighted by molar-refractivity contribution is 5.83. The number of carboxylic acids is 1. The number of allylic oxidation sites excluding steroid dienone is 4. The summed E-state index contributed by atoms with van der Waals surface area (Å²) in [6.07, 6.45) is 20.9. The Morgan fingerprint density at radius 3 is 2.17 bits per heavy atom. The van der Waals surface area contributed by atoms with E-state index in [1.807, 2.05) is 0 Å². The number of aliphatic carboxylic acids is 1. The molecule has 7 heteroatoms. The predicted molar refractivity (Wildman–Crippen MR) is 121 cm³/mol. The minimum atomic E-state index is -1.06. The lowest BCUT2D eigenvalue weighted by Crippen LogP contribution is -2.41. The van der Waals surface area contributed by atoms with Crippen molar-refractivity contribution in [3.8, 4) is 0 Å². The Kier molecular flexibility index (Phi) is 18.4. The molecule has 0 radical (unpaired) electrons. The van der Waals surface area contributed by atoms with E-state index in [1.54, 1.807) is 0 Å². The maximum Gasteiger partial charge on any atom is 0.326 e. The van der Waals surface area contributed by atoms with Crippen molar-refractivity contribution in [2.75, 3.05) is 6.54 Å². The molecule has 0 aliphatic rings. The number of nitrogens with one attached hydrogen (secondary N) is 2. The molecule has 0 aliphatic heterocycles. The second-order valence-corrected chi connectivity index (χ2v) is 7.52. The van der Waals surface area contributed by atoms with Gasteiger partial charge in [-0.3, -0.25) is 4.79 Å². The smallest absolute Gasteiger partial charge is 0.326 e. The maximum atomic E-state index is 11.9. The van der Waals surface area contributed by atoms with E-state index in [2.05, 4.69) is 41.9 Å². The van der Waals surface area contributed by atoms with Crippen LogP contribution in [0.1, 0.15) is 90.4 Å². The Morgan fingerprint density at radius 2 is 1.53 bits per heavy atom. The lowest BCUT2D eigenvalue weighted by Gasteiger charge is -2.14. The maximum absolute atomic E-state index is 11.9. The number of unbranched alkanes of at least 4 members (excludes halogenated alkanes) is 7. The average molecular weight is 424 g/mol. The van der Waals surface area contributed by atoms with E-state index in [4.69, 9.17) is 5.73 Å². The van der Waals surface area contributed by atoms with E-state index in [0.29, 0.717) is 19.4 Å². The van der Waals surface area contributed by atoms with E-state index in [-0.39, 0.29) is 12.3 Å². The van der Waals surface area contributed by atoms with Crippen LogP contribution in [0.25, 0.3) is 0 Å². The number of primary amides is 1. The molecule has 0 spiro atoms. The Morgan fingerprint density at radius 1 is 0.900 bits per heavy atom. The van der Waals surface area contributed by atoms with Crippen LogP contribution in [0.5, 0.6) is 0 Å². The summed E-state index contributed by atoms with van der Waals surface area (Å²) in [5.74, 6) is -1.30. The molecule has 0 saturated heterocycles. The Bertz CT molecular complexity index is 533. The fourth-order valence-corrected chi connectivity index (χ4v) is 2.95. The van der Waals surface area contributed by atoms with Gasteiger partial charge in [-0.15, -0.1) is 0 Å². The van der Waals surface area contributed by atoms with Gasteiger partial charge >= 0.3 is 12.0 Å². The van der Waals surface area contributed by atoms with Crippen LogP contribution in [0.4, 0.5) is 4.79 Å². The average Bonchev–Trinajstić information content (AvgIpc) is 2.70. The minimum absolute atomic E-state index is 0.236. The van der Waals surface area contributed by atoms with Crippen LogP contribution in [0.3, 0.4) is 0 Å². The van der Waals surface area contributed by atoms with E-state index < -0.39 is 18.0 Å². The third-order valence-electron chi connectivity index (χ3n) is 4.71. The summed E-state index contributed by atoms with van der Waals surface area (Å²) in [7, 11) is 0. The molecule has 0 aromatic rings. The number of carbonyl (C=O) groups is 3. The summed E-state index contributed by atoms with van der Waals surface area (Å²) >= 11 is 0. The Balaban J connectivity index is 3.67. The van der Waals surface area contributed by atoms with Crippen molar-refractivity contribution in [2.45, 2.75) is 96.4 Å². The van der Waals surface area contributed by atoms with E-state index in [9.17, 15) is 19.5 Å². The molecule has 0 aliphatic carbocycles.